The molecule has 4 nitrogen and oxygen atoms in total. The Hall–Kier alpha value is -1.62. The maximum atomic E-state index is 11.9. The van der Waals surface area contributed by atoms with Crippen LogP contribution in [0.25, 0.3) is 10.2 Å². The molecule has 0 saturated carbocycles. The lowest BCUT2D eigenvalue weighted by Gasteiger charge is -2.08. The summed E-state index contributed by atoms with van der Waals surface area (Å²) in [6.07, 6.45) is 0.495. The summed E-state index contributed by atoms with van der Waals surface area (Å²) in [6, 6.07) is 2.01. The zero-order valence-electron chi connectivity index (χ0n) is 11.7. The SMILES string of the molecule is Cc1cc(C)c2c(NC(=O)CC(C)C)c(N)sc2n1. The number of carbonyl (C=O) groups excluding carboxylic acids is 1. The van der Waals surface area contributed by atoms with Gasteiger partial charge in [0.2, 0.25) is 5.91 Å². The summed E-state index contributed by atoms with van der Waals surface area (Å²) in [6.45, 7) is 8.01. The molecule has 0 unspecified atom stereocenters. The van der Waals surface area contributed by atoms with Gasteiger partial charge in [0, 0.05) is 17.5 Å². The zero-order valence-corrected chi connectivity index (χ0v) is 12.5. The molecule has 0 aliphatic heterocycles. The zero-order chi connectivity index (χ0) is 14.2. The van der Waals surface area contributed by atoms with Gasteiger partial charge in [-0.3, -0.25) is 4.79 Å². The molecule has 0 bridgehead atoms. The highest BCUT2D eigenvalue weighted by molar-refractivity contribution is 7.23. The molecule has 0 radical (unpaired) electrons. The van der Waals surface area contributed by atoms with Crippen molar-refractivity contribution >= 4 is 38.1 Å². The van der Waals surface area contributed by atoms with Crippen LogP contribution in [0.2, 0.25) is 0 Å². The summed E-state index contributed by atoms with van der Waals surface area (Å²) in [5, 5.41) is 4.51. The molecule has 0 atom stereocenters. The summed E-state index contributed by atoms with van der Waals surface area (Å²) in [5.41, 5.74) is 8.79. The van der Waals surface area contributed by atoms with Gasteiger partial charge in [0.15, 0.2) is 0 Å². The van der Waals surface area contributed by atoms with Crippen molar-refractivity contribution in [2.45, 2.75) is 34.1 Å². The second-order valence-corrected chi connectivity index (χ2v) is 6.28. The van der Waals surface area contributed by atoms with E-state index in [0.29, 0.717) is 17.3 Å². The molecule has 5 heteroatoms. The molecule has 19 heavy (non-hydrogen) atoms. The van der Waals surface area contributed by atoms with Crippen molar-refractivity contribution in [3.8, 4) is 0 Å². The molecule has 1 amide bonds. The number of carbonyl (C=O) groups is 1. The third-order valence-electron chi connectivity index (χ3n) is 2.87. The fraction of sp³-hybridized carbons (Fsp3) is 0.429. The molecular weight excluding hydrogens is 258 g/mol. The molecule has 0 spiro atoms. The molecule has 3 N–H and O–H groups in total. The highest BCUT2D eigenvalue weighted by atomic mass is 32.1. The topological polar surface area (TPSA) is 68.0 Å². The van der Waals surface area contributed by atoms with Crippen molar-refractivity contribution in [2.75, 3.05) is 11.1 Å². The number of aryl methyl sites for hydroxylation is 2. The largest absolute Gasteiger partial charge is 0.389 e. The van der Waals surface area contributed by atoms with Crippen LogP contribution in [0.4, 0.5) is 10.7 Å². The molecule has 0 aliphatic carbocycles. The third kappa shape index (κ3) is 2.87. The Bertz CT molecular complexity index is 631. The first kappa shape index (κ1) is 13.8. The van der Waals surface area contributed by atoms with Crippen LogP contribution in [-0.2, 0) is 4.79 Å². The van der Waals surface area contributed by atoms with E-state index < -0.39 is 0 Å². The van der Waals surface area contributed by atoms with Crippen molar-refractivity contribution in [3.05, 3.63) is 17.3 Å². The fourth-order valence-corrected chi connectivity index (χ4v) is 3.16. The second kappa shape index (κ2) is 5.17. The fourth-order valence-electron chi connectivity index (χ4n) is 2.14. The molecule has 102 valence electrons. The lowest BCUT2D eigenvalue weighted by molar-refractivity contribution is -0.116. The van der Waals surface area contributed by atoms with Crippen LogP contribution in [-0.4, -0.2) is 10.9 Å². The molecule has 2 aromatic heterocycles. The van der Waals surface area contributed by atoms with E-state index >= 15 is 0 Å². The maximum absolute atomic E-state index is 11.9. The van der Waals surface area contributed by atoms with E-state index in [1.807, 2.05) is 33.8 Å². The molecule has 2 aromatic rings. The minimum atomic E-state index is 0.00127. The number of anilines is 2. The Labute approximate surface area is 117 Å². The van der Waals surface area contributed by atoms with E-state index in [2.05, 4.69) is 10.3 Å². The summed E-state index contributed by atoms with van der Waals surface area (Å²) in [5.74, 6) is 0.328. The number of nitrogens with two attached hydrogens (primary N) is 1. The first-order valence-electron chi connectivity index (χ1n) is 6.34. The van der Waals surface area contributed by atoms with Gasteiger partial charge in [-0.25, -0.2) is 4.98 Å². The molecule has 0 fully saturated rings. The Morgan fingerprint density at radius 1 is 1.47 bits per heavy atom. The van der Waals surface area contributed by atoms with E-state index in [1.54, 1.807) is 0 Å². The predicted molar refractivity (Wildman–Crippen MR) is 81.6 cm³/mol. The normalized spacial score (nSPS) is 11.2. The molecule has 2 rings (SSSR count). The van der Waals surface area contributed by atoms with Crippen molar-refractivity contribution in [3.63, 3.8) is 0 Å². The van der Waals surface area contributed by atoms with Crippen LogP contribution in [0.1, 0.15) is 31.5 Å². The van der Waals surface area contributed by atoms with Crippen molar-refractivity contribution in [1.29, 1.82) is 0 Å². The number of amides is 1. The van der Waals surface area contributed by atoms with Crippen molar-refractivity contribution in [1.82, 2.24) is 4.98 Å². The number of rotatable bonds is 3. The number of thiophene rings is 1. The number of hydrogen-bond donors (Lipinski definition) is 2. The molecule has 0 aliphatic rings. The second-order valence-electron chi connectivity index (χ2n) is 5.25. The first-order valence-corrected chi connectivity index (χ1v) is 7.16. The molecule has 2 heterocycles. The average molecular weight is 277 g/mol. The molecule has 0 saturated heterocycles. The maximum Gasteiger partial charge on any atom is 0.224 e. The Morgan fingerprint density at radius 3 is 2.79 bits per heavy atom. The first-order chi connectivity index (χ1) is 8.88. The van der Waals surface area contributed by atoms with Gasteiger partial charge in [-0.2, -0.15) is 0 Å². The molecule has 0 aromatic carbocycles. The lowest BCUT2D eigenvalue weighted by Crippen LogP contribution is -2.14. The van der Waals surface area contributed by atoms with Gasteiger partial charge in [0.05, 0.1) is 5.69 Å². The van der Waals surface area contributed by atoms with E-state index in [0.717, 1.165) is 27.2 Å². The van der Waals surface area contributed by atoms with E-state index in [1.165, 1.54) is 11.3 Å². The van der Waals surface area contributed by atoms with Gasteiger partial charge in [-0.15, -0.1) is 0 Å². The van der Waals surface area contributed by atoms with Crippen LogP contribution < -0.4 is 11.1 Å². The van der Waals surface area contributed by atoms with Crippen LogP contribution in [0, 0.1) is 19.8 Å². The highest BCUT2D eigenvalue weighted by Crippen LogP contribution is 2.39. The standard InChI is InChI=1S/C14H19N3OS/c1-7(2)5-10(18)17-12-11-8(3)6-9(4)16-14(11)19-13(12)15/h6-7H,5,15H2,1-4H3,(H,17,18). The van der Waals surface area contributed by atoms with Gasteiger partial charge < -0.3 is 11.1 Å². The number of pyridine rings is 1. The average Bonchev–Trinajstić information content (AvgIpc) is 2.53. The summed E-state index contributed by atoms with van der Waals surface area (Å²) >= 11 is 1.42. The van der Waals surface area contributed by atoms with Crippen LogP contribution >= 0.6 is 11.3 Å². The van der Waals surface area contributed by atoms with Gasteiger partial charge >= 0.3 is 0 Å². The number of nitrogen functional groups attached to an aromatic ring is 1. The minimum absolute atomic E-state index is 0.00127. The number of nitrogens with zero attached hydrogens (tertiary/aromatic N) is 1. The Balaban J connectivity index is 2.43. The highest BCUT2D eigenvalue weighted by Gasteiger charge is 2.16. The van der Waals surface area contributed by atoms with E-state index in [9.17, 15) is 4.79 Å². The van der Waals surface area contributed by atoms with Crippen LogP contribution in [0.5, 0.6) is 0 Å². The number of nitrogens with one attached hydrogen (secondary N) is 1. The smallest absolute Gasteiger partial charge is 0.224 e. The van der Waals surface area contributed by atoms with Crippen LogP contribution in [0.15, 0.2) is 6.07 Å². The lowest BCUT2D eigenvalue weighted by atomic mass is 10.1. The Morgan fingerprint density at radius 2 is 2.16 bits per heavy atom. The predicted octanol–water partition coefficient (Wildman–Crippen LogP) is 3.48. The molecular formula is C14H19N3OS. The van der Waals surface area contributed by atoms with E-state index in [-0.39, 0.29) is 5.91 Å². The number of fused-ring (bicyclic) bond motifs is 1. The van der Waals surface area contributed by atoms with Crippen molar-refractivity contribution in [2.24, 2.45) is 5.92 Å². The summed E-state index contributed by atoms with van der Waals surface area (Å²) in [7, 11) is 0. The summed E-state index contributed by atoms with van der Waals surface area (Å²) in [4.78, 5) is 17.3. The van der Waals surface area contributed by atoms with Gasteiger partial charge in [0.25, 0.3) is 0 Å². The Kier molecular flexibility index (Phi) is 3.75. The number of aromatic nitrogens is 1. The van der Waals surface area contributed by atoms with Gasteiger partial charge in [-0.05, 0) is 31.4 Å². The number of hydrogen-bond acceptors (Lipinski definition) is 4. The van der Waals surface area contributed by atoms with Gasteiger partial charge in [-0.1, -0.05) is 25.2 Å². The van der Waals surface area contributed by atoms with Crippen LogP contribution in [0.3, 0.4) is 0 Å². The van der Waals surface area contributed by atoms with E-state index in [4.69, 9.17) is 5.73 Å². The quantitative estimate of drug-likeness (QED) is 0.902. The third-order valence-corrected chi connectivity index (χ3v) is 3.79. The van der Waals surface area contributed by atoms with Gasteiger partial charge in [0.1, 0.15) is 9.83 Å². The minimum Gasteiger partial charge on any atom is -0.389 e. The summed E-state index contributed by atoms with van der Waals surface area (Å²) < 4.78 is 0. The van der Waals surface area contributed by atoms with Crippen molar-refractivity contribution < 1.29 is 4.79 Å². The monoisotopic (exact) mass is 277 g/mol.